The molecule has 0 unspecified atom stereocenters. The number of para-hydroxylation sites is 1. The first-order valence-corrected chi connectivity index (χ1v) is 9.58. The molecule has 0 aliphatic rings. The number of hydrogen-bond acceptors (Lipinski definition) is 6. The maximum absolute atomic E-state index is 6.28. The number of benzene rings is 2. The van der Waals surface area contributed by atoms with E-state index < -0.39 is 0 Å². The highest BCUT2D eigenvalue weighted by atomic mass is 16.5. The summed E-state index contributed by atoms with van der Waals surface area (Å²) in [4.78, 5) is 9.29. The summed E-state index contributed by atoms with van der Waals surface area (Å²) in [5, 5.41) is 8.47. The van der Waals surface area contributed by atoms with E-state index in [4.69, 9.17) is 15.5 Å². The van der Waals surface area contributed by atoms with Gasteiger partial charge < -0.3 is 15.8 Å². The van der Waals surface area contributed by atoms with Gasteiger partial charge in [-0.1, -0.05) is 44.2 Å². The molecular formula is C22H24N6O. The number of nitrogen functional groups attached to an aromatic ring is 1. The summed E-state index contributed by atoms with van der Waals surface area (Å²) in [6.45, 7) is 5.04. The predicted molar refractivity (Wildman–Crippen MR) is 116 cm³/mol. The van der Waals surface area contributed by atoms with E-state index in [0.29, 0.717) is 23.3 Å². The largest absolute Gasteiger partial charge is 0.457 e. The molecule has 4 rings (SSSR count). The van der Waals surface area contributed by atoms with E-state index >= 15 is 0 Å². The summed E-state index contributed by atoms with van der Waals surface area (Å²) >= 11 is 0. The van der Waals surface area contributed by atoms with Crippen LogP contribution in [0.4, 0.5) is 11.8 Å². The molecule has 29 heavy (non-hydrogen) atoms. The Hall–Kier alpha value is -3.61. The Kier molecular flexibility index (Phi) is 5.03. The Morgan fingerprint density at radius 1 is 1.03 bits per heavy atom. The maximum Gasteiger partial charge on any atom is 0.225 e. The van der Waals surface area contributed by atoms with E-state index in [1.165, 1.54) is 0 Å². The van der Waals surface area contributed by atoms with Gasteiger partial charge in [-0.3, -0.25) is 4.68 Å². The highest BCUT2D eigenvalue weighted by molar-refractivity contribution is 5.99. The van der Waals surface area contributed by atoms with Crippen molar-refractivity contribution < 1.29 is 4.74 Å². The molecule has 2 aromatic carbocycles. The van der Waals surface area contributed by atoms with Crippen LogP contribution in [0.15, 0.2) is 54.6 Å². The number of aromatic nitrogens is 4. The number of anilines is 2. The summed E-state index contributed by atoms with van der Waals surface area (Å²) < 4.78 is 7.61. The SMILES string of the molecule is CC(C)CNc1nc(-c2cccc(Oc3ccccc3)c2)c2c(N)n(C)nc2n1. The molecule has 0 atom stereocenters. The predicted octanol–water partition coefficient (Wildman–Crippen LogP) is 4.47. The summed E-state index contributed by atoms with van der Waals surface area (Å²) in [6.07, 6.45) is 0. The number of nitrogens with two attached hydrogens (primary N) is 1. The molecule has 0 aliphatic heterocycles. The molecule has 0 aliphatic carbocycles. The van der Waals surface area contributed by atoms with Crippen molar-refractivity contribution in [1.29, 1.82) is 0 Å². The van der Waals surface area contributed by atoms with E-state index in [-0.39, 0.29) is 0 Å². The summed E-state index contributed by atoms with van der Waals surface area (Å²) in [5.41, 5.74) is 8.46. The first-order valence-electron chi connectivity index (χ1n) is 9.58. The van der Waals surface area contributed by atoms with Gasteiger partial charge in [-0.25, -0.2) is 4.98 Å². The molecule has 0 saturated heterocycles. The van der Waals surface area contributed by atoms with Crippen LogP contribution >= 0.6 is 0 Å². The molecule has 0 radical (unpaired) electrons. The Morgan fingerprint density at radius 3 is 2.55 bits per heavy atom. The highest BCUT2D eigenvalue weighted by Gasteiger charge is 2.17. The Bertz CT molecular complexity index is 1140. The molecule has 148 valence electrons. The Labute approximate surface area is 169 Å². The maximum atomic E-state index is 6.28. The molecule has 2 aromatic heterocycles. The first-order chi connectivity index (χ1) is 14.0. The Balaban J connectivity index is 1.78. The number of hydrogen-bond donors (Lipinski definition) is 2. The number of ether oxygens (including phenoxy) is 1. The van der Waals surface area contributed by atoms with E-state index in [0.717, 1.165) is 34.7 Å². The third kappa shape index (κ3) is 3.99. The summed E-state index contributed by atoms with van der Waals surface area (Å²) in [7, 11) is 1.80. The molecule has 4 aromatic rings. The van der Waals surface area contributed by atoms with Crippen molar-refractivity contribution in [3.8, 4) is 22.8 Å². The van der Waals surface area contributed by atoms with Crippen LogP contribution in [-0.4, -0.2) is 26.3 Å². The van der Waals surface area contributed by atoms with Crippen molar-refractivity contribution >= 4 is 22.8 Å². The molecule has 0 fully saturated rings. The van der Waals surface area contributed by atoms with Gasteiger partial charge in [-0.2, -0.15) is 10.1 Å². The number of fused-ring (bicyclic) bond motifs is 1. The van der Waals surface area contributed by atoms with E-state index in [1.54, 1.807) is 11.7 Å². The van der Waals surface area contributed by atoms with Gasteiger partial charge in [0.05, 0.1) is 11.1 Å². The van der Waals surface area contributed by atoms with Crippen molar-refractivity contribution in [3.63, 3.8) is 0 Å². The lowest BCUT2D eigenvalue weighted by Gasteiger charge is -2.11. The lowest BCUT2D eigenvalue weighted by atomic mass is 10.1. The summed E-state index contributed by atoms with van der Waals surface area (Å²) in [6, 6.07) is 17.5. The fourth-order valence-corrected chi connectivity index (χ4v) is 3.03. The smallest absolute Gasteiger partial charge is 0.225 e. The van der Waals surface area contributed by atoms with Crippen molar-refractivity contribution in [2.24, 2.45) is 13.0 Å². The van der Waals surface area contributed by atoms with Gasteiger partial charge in [0, 0.05) is 19.2 Å². The van der Waals surface area contributed by atoms with Crippen LogP contribution in [-0.2, 0) is 7.05 Å². The minimum Gasteiger partial charge on any atom is -0.457 e. The second-order valence-electron chi connectivity index (χ2n) is 7.32. The van der Waals surface area contributed by atoms with Gasteiger partial charge in [0.25, 0.3) is 0 Å². The van der Waals surface area contributed by atoms with Crippen molar-refractivity contribution in [3.05, 3.63) is 54.6 Å². The number of aryl methyl sites for hydroxylation is 1. The number of rotatable bonds is 6. The monoisotopic (exact) mass is 388 g/mol. The fraction of sp³-hybridized carbons (Fsp3) is 0.227. The minimum absolute atomic E-state index is 0.467. The van der Waals surface area contributed by atoms with Gasteiger partial charge in [-0.15, -0.1) is 0 Å². The standard InChI is InChI=1S/C22H24N6O/c1-14(2)13-24-22-25-19(18-20(23)28(3)27-21(18)26-22)15-8-7-11-17(12-15)29-16-9-5-4-6-10-16/h4-12,14H,13,23H2,1-3H3,(H,24,26,27). The van der Waals surface area contributed by atoms with Crippen LogP contribution in [0.3, 0.4) is 0 Å². The van der Waals surface area contributed by atoms with Crippen molar-refractivity contribution in [1.82, 2.24) is 19.7 Å². The zero-order chi connectivity index (χ0) is 20.4. The molecule has 0 saturated carbocycles. The number of nitrogens with zero attached hydrogens (tertiary/aromatic N) is 4. The van der Waals surface area contributed by atoms with Gasteiger partial charge in [0.1, 0.15) is 17.3 Å². The van der Waals surface area contributed by atoms with E-state index in [9.17, 15) is 0 Å². The minimum atomic E-state index is 0.467. The number of nitrogens with one attached hydrogen (secondary N) is 1. The second-order valence-corrected chi connectivity index (χ2v) is 7.32. The van der Waals surface area contributed by atoms with Gasteiger partial charge >= 0.3 is 0 Å². The highest BCUT2D eigenvalue weighted by Crippen LogP contribution is 2.33. The average molecular weight is 388 g/mol. The van der Waals surface area contributed by atoms with Crippen LogP contribution < -0.4 is 15.8 Å². The summed E-state index contributed by atoms with van der Waals surface area (Å²) in [5.74, 6) is 3.03. The van der Waals surface area contributed by atoms with Gasteiger partial charge in [0.15, 0.2) is 5.65 Å². The topological polar surface area (TPSA) is 90.9 Å². The van der Waals surface area contributed by atoms with Gasteiger partial charge in [0.2, 0.25) is 5.95 Å². The van der Waals surface area contributed by atoms with E-state index in [2.05, 4.69) is 29.2 Å². The average Bonchev–Trinajstić information content (AvgIpc) is 3.00. The van der Waals surface area contributed by atoms with Gasteiger partial charge in [-0.05, 0) is 30.2 Å². The Morgan fingerprint density at radius 2 is 1.79 bits per heavy atom. The third-order valence-corrected chi connectivity index (χ3v) is 4.49. The first kappa shape index (κ1) is 18.7. The zero-order valence-electron chi connectivity index (χ0n) is 16.8. The quantitative estimate of drug-likeness (QED) is 0.506. The van der Waals surface area contributed by atoms with Crippen LogP contribution in [0.5, 0.6) is 11.5 Å². The fourth-order valence-electron chi connectivity index (χ4n) is 3.03. The second kappa shape index (κ2) is 7.79. The van der Waals surface area contributed by atoms with Crippen molar-refractivity contribution in [2.75, 3.05) is 17.6 Å². The molecular weight excluding hydrogens is 364 g/mol. The van der Waals surface area contributed by atoms with Crippen LogP contribution in [0, 0.1) is 5.92 Å². The molecule has 7 nitrogen and oxygen atoms in total. The van der Waals surface area contributed by atoms with E-state index in [1.807, 2.05) is 54.6 Å². The third-order valence-electron chi connectivity index (χ3n) is 4.49. The van der Waals surface area contributed by atoms with Crippen LogP contribution in [0.2, 0.25) is 0 Å². The molecule has 3 N–H and O–H groups in total. The van der Waals surface area contributed by atoms with Crippen LogP contribution in [0.25, 0.3) is 22.3 Å². The molecule has 7 heteroatoms. The molecule has 0 spiro atoms. The van der Waals surface area contributed by atoms with Crippen LogP contribution in [0.1, 0.15) is 13.8 Å². The molecule has 0 amide bonds. The molecule has 0 bridgehead atoms. The van der Waals surface area contributed by atoms with Crippen molar-refractivity contribution in [2.45, 2.75) is 13.8 Å². The normalized spacial score (nSPS) is 11.2. The molecule has 2 heterocycles. The lowest BCUT2D eigenvalue weighted by Crippen LogP contribution is -2.11. The lowest BCUT2D eigenvalue weighted by molar-refractivity contribution is 0.483. The zero-order valence-corrected chi connectivity index (χ0v) is 16.8.